The van der Waals surface area contributed by atoms with E-state index >= 15 is 0 Å². The maximum Gasteiger partial charge on any atom is 0.335 e. The molecule has 4 nitrogen and oxygen atoms in total. The van der Waals surface area contributed by atoms with Crippen molar-refractivity contribution in [3.8, 4) is 5.75 Å². The van der Waals surface area contributed by atoms with Crippen molar-refractivity contribution in [3.63, 3.8) is 0 Å². The molecule has 2 aliphatic carbocycles. The van der Waals surface area contributed by atoms with Gasteiger partial charge in [0, 0.05) is 16.9 Å². The highest BCUT2D eigenvalue weighted by Crippen LogP contribution is 2.48. The molecule has 1 heterocycles. The highest BCUT2D eigenvalue weighted by atomic mass is 19.1. The van der Waals surface area contributed by atoms with Crippen LogP contribution in [-0.2, 0) is 11.8 Å². The maximum atomic E-state index is 14.5. The number of benzene rings is 2. The highest BCUT2D eigenvalue weighted by molar-refractivity contribution is 5.88. The van der Waals surface area contributed by atoms with Gasteiger partial charge in [-0.05, 0) is 68.2 Å². The Labute approximate surface area is 191 Å². The lowest BCUT2D eigenvalue weighted by atomic mass is 9.61. The van der Waals surface area contributed by atoms with Crippen molar-refractivity contribution in [2.75, 3.05) is 0 Å². The third-order valence-electron chi connectivity index (χ3n) is 7.98. The number of ether oxygens (including phenoxy) is 1. The number of fused-ring (bicyclic) bond motifs is 2. The lowest BCUT2D eigenvalue weighted by Gasteiger charge is -2.45. The largest absolute Gasteiger partial charge is 0.490 e. The summed E-state index contributed by atoms with van der Waals surface area (Å²) in [5.74, 6) is -1.34. The molecule has 2 saturated carbocycles. The Bertz CT molecular complexity index is 1090. The summed E-state index contributed by atoms with van der Waals surface area (Å²) >= 11 is 0. The molecule has 2 N–H and O–H groups in total. The summed E-state index contributed by atoms with van der Waals surface area (Å²) < 4.78 is 35.2. The molecular formula is C27H28F2O4. The van der Waals surface area contributed by atoms with Crippen LogP contribution in [0.25, 0.3) is 0 Å². The van der Waals surface area contributed by atoms with E-state index in [1.165, 1.54) is 12.1 Å². The van der Waals surface area contributed by atoms with Gasteiger partial charge in [0.15, 0.2) is 0 Å². The maximum absolute atomic E-state index is 14.5. The molecule has 4 atom stereocenters. The number of hydrogen-bond acceptors (Lipinski definition) is 3. The van der Waals surface area contributed by atoms with Crippen LogP contribution in [0.5, 0.6) is 5.75 Å². The fraction of sp³-hybridized carbons (Fsp3) is 0.444. The predicted molar refractivity (Wildman–Crippen MR) is 119 cm³/mol. The molecule has 0 aromatic heterocycles. The van der Waals surface area contributed by atoms with Gasteiger partial charge in [-0.15, -0.1) is 0 Å². The number of allylic oxidation sites excluding steroid dienone is 1. The van der Waals surface area contributed by atoms with Crippen LogP contribution in [0.1, 0.15) is 60.0 Å². The fourth-order valence-electron chi connectivity index (χ4n) is 5.98. The number of rotatable bonds is 5. The number of carbonyl (C=O) groups is 1. The van der Waals surface area contributed by atoms with Crippen LogP contribution in [0.3, 0.4) is 0 Å². The Balaban J connectivity index is 1.34. The summed E-state index contributed by atoms with van der Waals surface area (Å²) in [4.78, 5) is 11.3. The van der Waals surface area contributed by atoms with Gasteiger partial charge in [-0.25, -0.2) is 13.6 Å². The molecule has 0 spiro atoms. The van der Waals surface area contributed by atoms with Crippen LogP contribution < -0.4 is 4.74 Å². The Morgan fingerprint density at radius 1 is 1.12 bits per heavy atom. The van der Waals surface area contributed by atoms with E-state index in [2.05, 4.69) is 0 Å². The molecule has 3 aliphatic rings. The zero-order valence-corrected chi connectivity index (χ0v) is 18.3. The Morgan fingerprint density at radius 2 is 1.91 bits per heavy atom. The average molecular weight is 455 g/mol. The molecule has 0 saturated heterocycles. The van der Waals surface area contributed by atoms with E-state index in [1.54, 1.807) is 12.1 Å². The van der Waals surface area contributed by atoms with Gasteiger partial charge in [0.2, 0.25) is 0 Å². The minimum Gasteiger partial charge on any atom is -0.490 e. The summed E-state index contributed by atoms with van der Waals surface area (Å²) in [5, 5.41) is 20.3. The molecular weight excluding hydrogens is 426 g/mol. The van der Waals surface area contributed by atoms with E-state index < -0.39 is 23.3 Å². The molecule has 1 aliphatic heterocycles. The van der Waals surface area contributed by atoms with E-state index in [1.807, 2.05) is 18.2 Å². The molecule has 6 heteroatoms. The predicted octanol–water partition coefficient (Wildman–Crippen LogP) is 5.42. The zero-order chi connectivity index (χ0) is 23.2. The quantitative estimate of drug-likeness (QED) is 0.592. The van der Waals surface area contributed by atoms with E-state index in [0.29, 0.717) is 23.3 Å². The van der Waals surface area contributed by atoms with Gasteiger partial charge in [-0.1, -0.05) is 36.8 Å². The third kappa shape index (κ3) is 3.84. The SMILES string of the molecule is O=C(O)c1cc(F)c2c(c1)O[C@H]1CC[C@H](/C=C/C(O)C3(c4ccccc4F)CCC3)[C@H]1CC2. The summed E-state index contributed by atoms with van der Waals surface area (Å²) in [6, 6.07) is 9.17. The smallest absolute Gasteiger partial charge is 0.335 e. The van der Waals surface area contributed by atoms with Gasteiger partial charge in [-0.2, -0.15) is 0 Å². The number of aliphatic hydroxyl groups excluding tert-OH is 1. The first-order chi connectivity index (χ1) is 15.9. The minimum absolute atomic E-state index is 0.110. The zero-order valence-electron chi connectivity index (χ0n) is 18.3. The first kappa shape index (κ1) is 22.1. The molecule has 0 radical (unpaired) electrons. The lowest BCUT2D eigenvalue weighted by Crippen LogP contribution is -2.45. The van der Waals surface area contributed by atoms with Crippen molar-refractivity contribution in [3.05, 3.63) is 76.9 Å². The molecule has 174 valence electrons. The molecule has 0 bridgehead atoms. The average Bonchev–Trinajstić information content (AvgIpc) is 3.02. The monoisotopic (exact) mass is 454 g/mol. The second-order valence-electron chi connectivity index (χ2n) is 9.66. The highest BCUT2D eigenvalue weighted by Gasteiger charge is 2.46. The van der Waals surface area contributed by atoms with E-state index in [4.69, 9.17) is 4.74 Å². The number of aliphatic hydroxyl groups is 1. The Morgan fingerprint density at radius 3 is 2.61 bits per heavy atom. The minimum atomic E-state index is -1.18. The molecule has 2 aromatic rings. The number of carboxylic acid groups (broad SMARTS) is 1. The van der Waals surface area contributed by atoms with Crippen LogP contribution in [0.2, 0.25) is 0 Å². The second kappa shape index (κ2) is 8.56. The van der Waals surface area contributed by atoms with E-state index in [-0.39, 0.29) is 29.3 Å². The standard InChI is InChI=1S/C27H28F2O4/c28-21-5-2-1-4-20(21)27(12-3-13-27)25(30)11-7-16-6-10-23-18(16)8-9-19-22(29)14-17(26(31)32)15-24(19)33-23/h1-2,4-5,7,11,14-16,18,23,25,30H,3,6,8-10,12-13H2,(H,31,32)/b11-7+/t16-,18-,23+,25?/m1/s1. The molecule has 2 fully saturated rings. The van der Waals surface area contributed by atoms with Crippen molar-refractivity contribution < 1.29 is 28.5 Å². The lowest BCUT2D eigenvalue weighted by molar-refractivity contribution is 0.0593. The molecule has 33 heavy (non-hydrogen) atoms. The molecule has 0 amide bonds. The van der Waals surface area contributed by atoms with Crippen molar-refractivity contribution in [1.82, 2.24) is 0 Å². The van der Waals surface area contributed by atoms with E-state index in [0.717, 1.165) is 44.6 Å². The third-order valence-corrected chi connectivity index (χ3v) is 7.98. The van der Waals surface area contributed by atoms with Crippen LogP contribution in [0.15, 0.2) is 48.6 Å². The second-order valence-corrected chi connectivity index (χ2v) is 9.66. The van der Waals surface area contributed by atoms with Gasteiger partial charge >= 0.3 is 5.97 Å². The van der Waals surface area contributed by atoms with Crippen LogP contribution in [0, 0.1) is 23.5 Å². The van der Waals surface area contributed by atoms with Gasteiger partial charge in [0.05, 0.1) is 11.7 Å². The van der Waals surface area contributed by atoms with Gasteiger partial charge in [0.1, 0.15) is 23.5 Å². The van der Waals surface area contributed by atoms with Crippen molar-refractivity contribution in [1.29, 1.82) is 0 Å². The first-order valence-corrected chi connectivity index (χ1v) is 11.7. The van der Waals surface area contributed by atoms with Gasteiger partial charge in [-0.3, -0.25) is 0 Å². The van der Waals surface area contributed by atoms with Gasteiger partial charge < -0.3 is 14.9 Å². The van der Waals surface area contributed by atoms with Crippen molar-refractivity contribution >= 4 is 5.97 Å². The van der Waals surface area contributed by atoms with Crippen LogP contribution >= 0.6 is 0 Å². The van der Waals surface area contributed by atoms with Crippen molar-refractivity contribution in [2.24, 2.45) is 11.8 Å². The summed E-state index contributed by atoms with van der Waals surface area (Å²) in [6.45, 7) is 0. The number of aromatic carboxylic acids is 1. The molecule has 1 unspecified atom stereocenters. The fourth-order valence-corrected chi connectivity index (χ4v) is 5.98. The van der Waals surface area contributed by atoms with Crippen molar-refractivity contribution in [2.45, 2.75) is 62.6 Å². The van der Waals surface area contributed by atoms with E-state index in [9.17, 15) is 23.8 Å². The molecule has 5 rings (SSSR count). The first-order valence-electron chi connectivity index (χ1n) is 11.7. The summed E-state index contributed by atoms with van der Waals surface area (Å²) in [7, 11) is 0. The normalized spacial score (nSPS) is 26.6. The number of hydrogen-bond donors (Lipinski definition) is 2. The molecule has 2 aromatic carbocycles. The van der Waals surface area contributed by atoms with Crippen LogP contribution in [-0.4, -0.2) is 28.4 Å². The summed E-state index contributed by atoms with van der Waals surface area (Å²) in [5.41, 5.74) is 0.328. The Hall–Kier alpha value is -2.73. The van der Waals surface area contributed by atoms with Crippen LogP contribution in [0.4, 0.5) is 8.78 Å². The Kier molecular flexibility index (Phi) is 5.73. The number of carboxylic acids is 1. The topological polar surface area (TPSA) is 66.8 Å². The number of halogens is 2. The van der Waals surface area contributed by atoms with Gasteiger partial charge in [0.25, 0.3) is 0 Å². The summed E-state index contributed by atoms with van der Waals surface area (Å²) in [6.07, 6.45) is 8.29.